The first-order valence-corrected chi connectivity index (χ1v) is 17.9. The molecule has 1 atom stereocenters. The van der Waals surface area contributed by atoms with E-state index in [-0.39, 0.29) is 17.4 Å². The largest absolute Gasteiger partial charge is 0.487 e. The predicted octanol–water partition coefficient (Wildman–Crippen LogP) is 8.40. The highest BCUT2D eigenvalue weighted by molar-refractivity contribution is 14.1. The molecule has 0 fully saturated rings. The van der Waals surface area contributed by atoms with Crippen LogP contribution in [0, 0.1) is 13.0 Å². The number of rotatable bonds is 5. The fourth-order valence-electron chi connectivity index (χ4n) is 6.49. The summed E-state index contributed by atoms with van der Waals surface area (Å²) in [5.74, 6) is 0.531. The van der Waals surface area contributed by atoms with Crippen LogP contribution in [0.4, 0.5) is 4.39 Å². The van der Waals surface area contributed by atoms with Crippen molar-refractivity contribution in [2.24, 2.45) is 4.99 Å². The fraction of sp³-hybridized carbons (Fsp3) is 0.105. The van der Waals surface area contributed by atoms with Gasteiger partial charge in [-0.2, -0.15) is 0 Å². The van der Waals surface area contributed by atoms with E-state index in [1.807, 2.05) is 24.3 Å². The maximum Gasteiger partial charge on any atom is 0.271 e. The SMILES string of the molecule is O=c1/c(=C/c2cc(I)c(OCc3cccc4ccccc34)c(I)c2)sc2n1[C@@H](c1ccc(F)cc1)C1=C(N=2)c2ccccc2CC1. The van der Waals surface area contributed by atoms with Gasteiger partial charge in [0.05, 0.1) is 23.4 Å². The summed E-state index contributed by atoms with van der Waals surface area (Å²) < 4.78 is 24.7. The Balaban J connectivity index is 1.19. The van der Waals surface area contributed by atoms with Crippen LogP contribution in [-0.2, 0) is 13.0 Å². The molecule has 8 heteroatoms. The van der Waals surface area contributed by atoms with E-state index in [4.69, 9.17) is 9.73 Å². The lowest BCUT2D eigenvalue weighted by atomic mass is 9.83. The van der Waals surface area contributed by atoms with Gasteiger partial charge in [-0.15, -0.1) is 0 Å². The number of benzene rings is 5. The summed E-state index contributed by atoms with van der Waals surface area (Å²) in [6.45, 7) is 0.461. The number of fused-ring (bicyclic) bond motifs is 4. The van der Waals surface area contributed by atoms with Gasteiger partial charge in [-0.25, -0.2) is 9.38 Å². The molecule has 0 spiro atoms. The molecule has 8 rings (SSSR count). The minimum Gasteiger partial charge on any atom is -0.487 e. The number of nitrogens with zero attached hydrogens (tertiary/aromatic N) is 2. The van der Waals surface area contributed by atoms with Crippen LogP contribution < -0.4 is 19.6 Å². The monoisotopic (exact) mass is 846 g/mol. The van der Waals surface area contributed by atoms with Gasteiger partial charge in [0, 0.05) is 5.56 Å². The Morgan fingerprint density at radius 3 is 2.48 bits per heavy atom. The summed E-state index contributed by atoms with van der Waals surface area (Å²) in [5.41, 5.74) is 7.24. The number of ether oxygens (including phenoxy) is 1. The molecule has 1 aromatic heterocycles. The number of hydrogen-bond acceptors (Lipinski definition) is 4. The zero-order valence-corrected chi connectivity index (χ0v) is 29.5. The van der Waals surface area contributed by atoms with Crippen LogP contribution in [0.5, 0.6) is 5.75 Å². The van der Waals surface area contributed by atoms with Gasteiger partial charge in [-0.05, 0) is 127 Å². The number of thiazole rings is 1. The third kappa shape index (κ3) is 5.33. The van der Waals surface area contributed by atoms with Crippen molar-refractivity contribution >= 4 is 79.1 Å². The second-order valence-corrected chi connectivity index (χ2v) is 14.7. The zero-order chi connectivity index (χ0) is 31.4. The van der Waals surface area contributed by atoms with Crippen LogP contribution >= 0.6 is 56.5 Å². The van der Waals surface area contributed by atoms with Crippen LogP contribution in [-0.4, -0.2) is 4.57 Å². The van der Waals surface area contributed by atoms with E-state index < -0.39 is 0 Å². The summed E-state index contributed by atoms with van der Waals surface area (Å²) in [5, 5.41) is 2.38. The third-order valence-electron chi connectivity index (χ3n) is 8.63. The van der Waals surface area contributed by atoms with Crippen LogP contribution in [0.3, 0.4) is 0 Å². The summed E-state index contributed by atoms with van der Waals surface area (Å²) in [4.78, 5) is 19.9. The van der Waals surface area contributed by atoms with Gasteiger partial charge in [0.25, 0.3) is 5.56 Å². The van der Waals surface area contributed by atoms with Crippen molar-refractivity contribution in [3.63, 3.8) is 0 Å². The minimum absolute atomic E-state index is 0.0928. The Kier molecular flexibility index (Phi) is 7.90. The minimum atomic E-state index is -0.340. The molecule has 4 nitrogen and oxygen atoms in total. The van der Waals surface area contributed by atoms with Gasteiger partial charge in [0.1, 0.15) is 18.2 Å². The average molecular weight is 847 g/mol. The van der Waals surface area contributed by atoms with E-state index in [0.717, 1.165) is 59.3 Å². The second-order valence-electron chi connectivity index (χ2n) is 11.4. The van der Waals surface area contributed by atoms with E-state index in [1.54, 1.807) is 16.7 Å². The van der Waals surface area contributed by atoms with Crippen molar-refractivity contribution in [2.75, 3.05) is 0 Å². The van der Waals surface area contributed by atoms with E-state index in [9.17, 15) is 9.18 Å². The fourth-order valence-corrected chi connectivity index (χ4v) is 9.62. The summed E-state index contributed by atoms with van der Waals surface area (Å²) in [7, 11) is 0. The number of allylic oxidation sites excluding steroid dienone is 1. The molecule has 46 heavy (non-hydrogen) atoms. The molecule has 226 valence electrons. The Morgan fingerprint density at radius 1 is 0.913 bits per heavy atom. The molecule has 2 aliphatic rings. The molecule has 0 saturated heterocycles. The van der Waals surface area contributed by atoms with E-state index in [1.165, 1.54) is 39.8 Å². The van der Waals surface area contributed by atoms with Gasteiger partial charge in [0.2, 0.25) is 0 Å². The lowest BCUT2D eigenvalue weighted by molar-refractivity contribution is 0.303. The first-order valence-electron chi connectivity index (χ1n) is 14.9. The van der Waals surface area contributed by atoms with E-state index in [2.05, 4.69) is 106 Å². The van der Waals surface area contributed by atoms with Crippen LogP contribution in [0.15, 0.2) is 118 Å². The van der Waals surface area contributed by atoms with Gasteiger partial charge < -0.3 is 4.74 Å². The van der Waals surface area contributed by atoms with Gasteiger partial charge >= 0.3 is 0 Å². The highest BCUT2D eigenvalue weighted by Crippen LogP contribution is 2.41. The zero-order valence-electron chi connectivity index (χ0n) is 24.3. The number of aromatic nitrogens is 1. The summed E-state index contributed by atoms with van der Waals surface area (Å²) >= 11 is 6.02. The van der Waals surface area contributed by atoms with E-state index in [0.29, 0.717) is 15.9 Å². The number of hydrogen-bond donors (Lipinski definition) is 0. The van der Waals surface area contributed by atoms with Crippen molar-refractivity contribution in [1.82, 2.24) is 4.57 Å². The highest BCUT2D eigenvalue weighted by Gasteiger charge is 2.32. The Hall–Kier alpha value is -3.61. The Bertz CT molecular complexity index is 2370. The summed E-state index contributed by atoms with van der Waals surface area (Å²) in [6.07, 6.45) is 3.61. The van der Waals surface area contributed by atoms with Crippen LogP contribution in [0.25, 0.3) is 22.5 Å². The van der Waals surface area contributed by atoms with Gasteiger partial charge in [-0.1, -0.05) is 90.2 Å². The van der Waals surface area contributed by atoms with Crippen molar-refractivity contribution in [3.8, 4) is 5.75 Å². The molecular formula is C38H25FI2N2O2S. The molecule has 0 N–H and O–H groups in total. The van der Waals surface area contributed by atoms with Crippen molar-refractivity contribution < 1.29 is 9.13 Å². The second kappa shape index (κ2) is 12.2. The molecule has 5 aromatic carbocycles. The molecule has 6 aromatic rings. The Morgan fingerprint density at radius 2 is 1.65 bits per heavy atom. The van der Waals surface area contributed by atoms with Crippen LogP contribution in [0.2, 0.25) is 0 Å². The molecule has 1 aliphatic heterocycles. The first-order chi connectivity index (χ1) is 22.4. The first kappa shape index (κ1) is 29.8. The third-order valence-corrected chi connectivity index (χ3v) is 11.2. The molecule has 0 bridgehead atoms. The molecule has 0 saturated carbocycles. The van der Waals surface area contributed by atoms with E-state index >= 15 is 0 Å². The molecule has 2 heterocycles. The lowest BCUT2D eigenvalue weighted by Gasteiger charge is -2.30. The topological polar surface area (TPSA) is 43.6 Å². The van der Waals surface area contributed by atoms with Crippen molar-refractivity contribution in [1.29, 1.82) is 0 Å². The quantitative estimate of drug-likeness (QED) is 0.164. The average Bonchev–Trinajstić information content (AvgIpc) is 3.37. The normalized spacial score (nSPS) is 15.7. The predicted molar refractivity (Wildman–Crippen MR) is 199 cm³/mol. The lowest BCUT2D eigenvalue weighted by Crippen LogP contribution is -2.38. The smallest absolute Gasteiger partial charge is 0.271 e. The van der Waals surface area contributed by atoms with Crippen molar-refractivity contribution in [2.45, 2.75) is 25.5 Å². The number of halogens is 3. The number of aryl methyl sites for hydroxylation is 1. The van der Waals surface area contributed by atoms with Crippen LogP contribution in [0.1, 0.15) is 40.3 Å². The standard InChI is InChI=1S/C38H25FI2N2O2S/c39-27-15-12-25(13-16-27)35-30-17-14-24-7-2-4-11-29(24)34(30)42-38-43(35)37(44)33(46-38)20-22-18-31(40)36(32(41)19-22)45-21-26-9-5-8-23-6-1-3-10-28(23)26/h1-13,15-16,18-20,35H,14,17,21H2/b33-20-/t35-/m0/s1. The molecule has 0 unspecified atom stereocenters. The highest BCUT2D eigenvalue weighted by atomic mass is 127. The molecule has 1 aliphatic carbocycles. The van der Waals surface area contributed by atoms with Crippen molar-refractivity contribution in [3.05, 3.63) is 169 Å². The van der Waals surface area contributed by atoms with Gasteiger partial charge in [0.15, 0.2) is 4.80 Å². The maximum absolute atomic E-state index is 14.1. The molecule has 0 amide bonds. The Labute approximate surface area is 295 Å². The maximum atomic E-state index is 14.1. The molecular weight excluding hydrogens is 821 g/mol. The molecule has 0 radical (unpaired) electrons. The summed E-state index contributed by atoms with van der Waals surface area (Å²) in [6, 6.07) is 33.2. The van der Waals surface area contributed by atoms with Gasteiger partial charge in [-0.3, -0.25) is 9.36 Å².